The SMILES string of the molecule is NS(=O)(=O)c1ccc(CNc2cccc(C(F)(F)F)c2)s1. The van der Waals surface area contributed by atoms with Crippen LogP contribution in [0.1, 0.15) is 10.4 Å². The van der Waals surface area contributed by atoms with E-state index in [4.69, 9.17) is 5.14 Å². The molecule has 0 radical (unpaired) electrons. The highest BCUT2D eigenvalue weighted by molar-refractivity contribution is 7.91. The summed E-state index contributed by atoms with van der Waals surface area (Å²) in [6, 6.07) is 7.70. The van der Waals surface area contributed by atoms with Gasteiger partial charge in [0, 0.05) is 17.1 Å². The van der Waals surface area contributed by atoms with Crippen LogP contribution in [0.25, 0.3) is 0 Å². The molecule has 3 N–H and O–H groups in total. The largest absolute Gasteiger partial charge is 0.416 e. The summed E-state index contributed by atoms with van der Waals surface area (Å²) in [5.41, 5.74) is -0.445. The first kappa shape index (κ1) is 15.8. The molecule has 0 saturated carbocycles. The predicted molar refractivity (Wildman–Crippen MR) is 74.5 cm³/mol. The molecule has 1 aromatic heterocycles. The van der Waals surface area contributed by atoms with E-state index in [1.54, 1.807) is 6.07 Å². The van der Waals surface area contributed by atoms with Gasteiger partial charge in [0.15, 0.2) is 0 Å². The van der Waals surface area contributed by atoms with E-state index < -0.39 is 21.8 Å². The number of hydrogen-bond donors (Lipinski definition) is 2. The first-order chi connectivity index (χ1) is 9.66. The average molecular weight is 336 g/mol. The lowest BCUT2D eigenvalue weighted by Crippen LogP contribution is -2.09. The lowest BCUT2D eigenvalue weighted by Gasteiger charge is -2.09. The first-order valence-corrected chi connectivity index (χ1v) is 8.05. The van der Waals surface area contributed by atoms with E-state index in [0.717, 1.165) is 23.5 Å². The maximum absolute atomic E-state index is 12.6. The van der Waals surface area contributed by atoms with E-state index in [-0.39, 0.29) is 10.8 Å². The molecule has 4 nitrogen and oxygen atoms in total. The molecule has 21 heavy (non-hydrogen) atoms. The number of hydrogen-bond acceptors (Lipinski definition) is 4. The second-order valence-electron chi connectivity index (χ2n) is 4.20. The van der Waals surface area contributed by atoms with Crippen molar-refractivity contribution < 1.29 is 21.6 Å². The van der Waals surface area contributed by atoms with E-state index >= 15 is 0 Å². The van der Waals surface area contributed by atoms with Gasteiger partial charge < -0.3 is 5.32 Å². The molecule has 0 aliphatic carbocycles. The Bertz CT molecular complexity index is 739. The number of primary sulfonamides is 1. The molecule has 0 bridgehead atoms. The molecule has 9 heteroatoms. The fourth-order valence-corrected chi connectivity index (χ4v) is 3.32. The lowest BCUT2D eigenvalue weighted by molar-refractivity contribution is -0.137. The second kappa shape index (κ2) is 5.66. The quantitative estimate of drug-likeness (QED) is 0.901. The Morgan fingerprint density at radius 2 is 1.90 bits per heavy atom. The maximum Gasteiger partial charge on any atom is 0.416 e. The number of anilines is 1. The third kappa shape index (κ3) is 4.19. The van der Waals surface area contributed by atoms with E-state index in [1.165, 1.54) is 18.2 Å². The predicted octanol–water partition coefficient (Wildman–Crippen LogP) is 3.03. The Kier molecular flexibility index (Phi) is 4.26. The third-order valence-electron chi connectivity index (χ3n) is 2.57. The van der Waals surface area contributed by atoms with Crippen molar-refractivity contribution in [3.8, 4) is 0 Å². The number of thiophene rings is 1. The molecule has 0 atom stereocenters. The van der Waals surface area contributed by atoms with Crippen molar-refractivity contribution in [1.29, 1.82) is 0 Å². The van der Waals surface area contributed by atoms with Gasteiger partial charge in [0.25, 0.3) is 0 Å². The van der Waals surface area contributed by atoms with Crippen LogP contribution in [-0.2, 0) is 22.7 Å². The molecule has 0 spiro atoms. The summed E-state index contributed by atoms with van der Waals surface area (Å²) >= 11 is 0.971. The van der Waals surface area contributed by atoms with E-state index in [9.17, 15) is 21.6 Å². The molecule has 0 amide bonds. The first-order valence-electron chi connectivity index (χ1n) is 5.69. The van der Waals surface area contributed by atoms with E-state index in [0.29, 0.717) is 10.6 Å². The summed E-state index contributed by atoms with van der Waals surface area (Å²) in [6.45, 7) is 0.210. The van der Waals surface area contributed by atoms with Crippen LogP contribution in [0.15, 0.2) is 40.6 Å². The van der Waals surface area contributed by atoms with Crippen molar-refractivity contribution in [2.24, 2.45) is 5.14 Å². The second-order valence-corrected chi connectivity index (χ2v) is 7.15. The van der Waals surface area contributed by atoms with Crippen molar-refractivity contribution >= 4 is 27.0 Å². The van der Waals surface area contributed by atoms with Crippen molar-refractivity contribution in [3.05, 3.63) is 46.8 Å². The maximum atomic E-state index is 12.6. The van der Waals surface area contributed by atoms with Crippen LogP contribution >= 0.6 is 11.3 Å². The van der Waals surface area contributed by atoms with Crippen LogP contribution in [0, 0.1) is 0 Å². The molecule has 0 saturated heterocycles. The van der Waals surface area contributed by atoms with Crippen molar-refractivity contribution in [1.82, 2.24) is 0 Å². The summed E-state index contributed by atoms with van der Waals surface area (Å²) in [7, 11) is -3.75. The summed E-state index contributed by atoms with van der Waals surface area (Å²) in [4.78, 5) is 0.649. The van der Waals surface area contributed by atoms with Gasteiger partial charge in [-0.25, -0.2) is 13.6 Å². The zero-order valence-electron chi connectivity index (χ0n) is 10.5. The van der Waals surface area contributed by atoms with Crippen LogP contribution in [0.2, 0.25) is 0 Å². The van der Waals surface area contributed by atoms with E-state index in [1.807, 2.05) is 0 Å². The molecule has 0 aliphatic heterocycles. The van der Waals surface area contributed by atoms with Gasteiger partial charge in [0.05, 0.1) is 5.56 Å². The summed E-state index contributed by atoms with van der Waals surface area (Å²) in [5.74, 6) is 0. The minimum atomic E-state index is -4.40. The summed E-state index contributed by atoms with van der Waals surface area (Å²) in [5, 5.41) is 7.80. The van der Waals surface area contributed by atoms with Gasteiger partial charge in [0.1, 0.15) is 4.21 Å². The third-order valence-corrected chi connectivity index (χ3v) is 5.10. The van der Waals surface area contributed by atoms with Gasteiger partial charge in [-0.2, -0.15) is 13.2 Å². The number of alkyl halides is 3. The van der Waals surface area contributed by atoms with Crippen molar-refractivity contribution in [3.63, 3.8) is 0 Å². The van der Waals surface area contributed by atoms with Crippen LogP contribution < -0.4 is 10.5 Å². The van der Waals surface area contributed by atoms with Gasteiger partial charge in [-0.05, 0) is 30.3 Å². The van der Waals surface area contributed by atoms with Crippen LogP contribution in [-0.4, -0.2) is 8.42 Å². The van der Waals surface area contributed by atoms with Gasteiger partial charge in [-0.15, -0.1) is 11.3 Å². The molecule has 1 aromatic carbocycles. The van der Waals surface area contributed by atoms with Crippen LogP contribution in [0.5, 0.6) is 0 Å². The molecule has 0 fully saturated rings. The Hall–Kier alpha value is -1.58. The molecule has 114 valence electrons. The Labute approximate surface area is 123 Å². The smallest absolute Gasteiger partial charge is 0.380 e. The molecule has 0 unspecified atom stereocenters. The topological polar surface area (TPSA) is 72.2 Å². The van der Waals surface area contributed by atoms with Crippen molar-refractivity contribution in [2.45, 2.75) is 16.9 Å². The van der Waals surface area contributed by atoms with Gasteiger partial charge in [-0.1, -0.05) is 6.07 Å². The highest BCUT2D eigenvalue weighted by Crippen LogP contribution is 2.31. The fraction of sp³-hybridized carbons (Fsp3) is 0.167. The molecule has 2 rings (SSSR count). The lowest BCUT2D eigenvalue weighted by atomic mass is 10.2. The number of benzene rings is 1. The molecule has 2 aromatic rings. The minimum Gasteiger partial charge on any atom is -0.380 e. The zero-order valence-corrected chi connectivity index (χ0v) is 12.1. The zero-order chi connectivity index (χ0) is 15.7. The monoisotopic (exact) mass is 336 g/mol. The molecular formula is C12H11F3N2O2S2. The Morgan fingerprint density at radius 3 is 2.48 bits per heavy atom. The van der Waals surface area contributed by atoms with Gasteiger partial charge in [0.2, 0.25) is 10.0 Å². The average Bonchev–Trinajstić information content (AvgIpc) is 2.84. The van der Waals surface area contributed by atoms with Gasteiger partial charge >= 0.3 is 6.18 Å². The highest BCUT2D eigenvalue weighted by atomic mass is 32.2. The highest BCUT2D eigenvalue weighted by Gasteiger charge is 2.30. The number of sulfonamides is 1. The molecule has 0 aliphatic rings. The van der Waals surface area contributed by atoms with Crippen molar-refractivity contribution in [2.75, 3.05) is 5.32 Å². The number of nitrogens with one attached hydrogen (secondary N) is 1. The molecular weight excluding hydrogens is 325 g/mol. The Balaban J connectivity index is 2.08. The summed E-state index contributed by atoms with van der Waals surface area (Å²) < 4.78 is 59.9. The normalized spacial score (nSPS) is 12.4. The fourth-order valence-electron chi connectivity index (χ4n) is 1.60. The summed E-state index contributed by atoms with van der Waals surface area (Å²) in [6.07, 6.45) is -4.40. The van der Waals surface area contributed by atoms with Crippen LogP contribution in [0.3, 0.4) is 0 Å². The standard InChI is InChI=1S/C12H11F3N2O2S2/c13-12(14,15)8-2-1-3-9(6-8)17-7-10-4-5-11(20-10)21(16,18)19/h1-6,17H,7H2,(H2,16,18,19). The van der Waals surface area contributed by atoms with Crippen LogP contribution in [0.4, 0.5) is 18.9 Å². The number of halogens is 3. The Morgan fingerprint density at radius 1 is 1.19 bits per heavy atom. The molecule has 1 heterocycles. The van der Waals surface area contributed by atoms with Gasteiger partial charge in [-0.3, -0.25) is 0 Å². The van der Waals surface area contributed by atoms with E-state index in [2.05, 4.69) is 5.32 Å². The number of rotatable bonds is 4. The number of nitrogens with two attached hydrogens (primary N) is 1. The minimum absolute atomic E-state index is 0.0170.